The molecule has 1 heterocycles. The van der Waals surface area contributed by atoms with E-state index in [1.807, 2.05) is 54.6 Å². The van der Waals surface area contributed by atoms with E-state index in [9.17, 15) is 4.79 Å². The Kier molecular flexibility index (Phi) is 5.13. The highest BCUT2D eigenvalue weighted by Gasteiger charge is 2.09. The first-order chi connectivity index (χ1) is 13.6. The normalized spacial score (nSPS) is 10.9. The van der Waals surface area contributed by atoms with Gasteiger partial charge in [0.25, 0.3) is 5.91 Å². The molecule has 1 N–H and O–H groups in total. The van der Waals surface area contributed by atoms with Crippen LogP contribution in [0, 0.1) is 0 Å². The first-order valence-electron chi connectivity index (χ1n) is 9.15. The Balaban J connectivity index is 1.43. The number of hydrogen-bond acceptors (Lipinski definition) is 3. The van der Waals surface area contributed by atoms with Crippen LogP contribution < -0.4 is 5.32 Å². The molecule has 4 aromatic rings. The van der Waals surface area contributed by atoms with Crippen molar-refractivity contribution in [2.24, 2.45) is 0 Å². The van der Waals surface area contributed by atoms with E-state index in [0.717, 1.165) is 28.8 Å². The Morgan fingerprint density at radius 3 is 2.43 bits per heavy atom. The van der Waals surface area contributed by atoms with Crippen LogP contribution >= 0.6 is 11.6 Å². The number of aromatic nitrogens is 1. The quantitative estimate of drug-likeness (QED) is 0.462. The summed E-state index contributed by atoms with van der Waals surface area (Å²) in [7, 11) is 0. The van der Waals surface area contributed by atoms with E-state index in [1.54, 1.807) is 12.1 Å². The van der Waals surface area contributed by atoms with Crippen molar-refractivity contribution in [2.45, 2.75) is 19.8 Å². The van der Waals surface area contributed by atoms with Crippen molar-refractivity contribution in [1.82, 2.24) is 4.98 Å². The lowest BCUT2D eigenvalue weighted by Crippen LogP contribution is -2.11. The van der Waals surface area contributed by atoms with Gasteiger partial charge in [-0.3, -0.25) is 4.79 Å². The van der Waals surface area contributed by atoms with E-state index in [-0.39, 0.29) is 5.91 Å². The van der Waals surface area contributed by atoms with E-state index in [4.69, 9.17) is 16.0 Å². The van der Waals surface area contributed by atoms with E-state index < -0.39 is 0 Å². The molecule has 5 heteroatoms. The number of benzene rings is 3. The zero-order valence-electron chi connectivity index (χ0n) is 15.4. The summed E-state index contributed by atoms with van der Waals surface area (Å²) in [6.45, 7) is 2.09. The molecule has 0 atom stereocenters. The molecule has 0 radical (unpaired) electrons. The topological polar surface area (TPSA) is 55.1 Å². The van der Waals surface area contributed by atoms with Crippen LogP contribution in [-0.4, -0.2) is 10.9 Å². The van der Waals surface area contributed by atoms with E-state index in [0.29, 0.717) is 22.9 Å². The summed E-state index contributed by atoms with van der Waals surface area (Å²) in [5, 5.41) is 3.56. The third-order valence-corrected chi connectivity index (χ3v) is 4.82. The average molecular weight is 391 g/mol. The van der Waals surface area contributed by atoms with Gasteiger partial charge in [-0.05, 0) is 60.0 Å². The monoisotopic (exact) mass is 390 g/mol. The number of hydrogen-bond donors (Lipinski definition) is 1. The number of oxazole rings is 1. The fourth-order valence-corrected chi connectivity index (χ4v) is 3.17. The number of fused-ring (bicyclic) bond motifs is 1. The van der Waals surface area contributed by atoms with E-state index >= 15 is 0 Å². The molecule has 4 rings (SSSR count). The lowest BCUT2D eigenvalue weighted by Gasteiger charge is -2.07. The van der Waals surface area contributed by atoms with E-state index in [2.05, 4.69) is 17.2 Å². The molecule has 0 aliphatic carbocycles. The van der Waals surface area contributed by atoms with Crippen LogP contribution in [0.5, 0.6) is 0 Å². The molecule has 0 spiro atoms. The van der Waals surface area contributed by atoms with Crippen molar-refractivity contribution in [1.29, 1.82) is 0 Å². The smallest absolute Gasteiger partial charge is 0.255 e. The number of nitrogens with one attached hydrogen (secondary N) is 1. The fourth-order valence-electron chi connectivity index (χ4n) is 3.00. The zero-order valence-corrected chi connectivity index (χ0v) is 16.2. The van der Waals surface area contributed by atoms with Crippen molar-refractivity contribution in [2.75, 3.05) is 5.32 Å². The van der Waals surface area contributed by atoms with Crippen LogP contribution in [0.2, 0.25) is 5.02 Å². The SMILES string of the molecule is CCc1ccc(C(=O)Nc2ccc(Cc3nc4cc(Cl)ccc4o3)cc2)cc1. The molecule has 0 saturated carbocycles. The second-order valence-electron chi connectivity index (χ2n) is 6.60. The molecule has 0 aliphatic heterocycles. The van der Waals surface area contributed by atoms with Crippen LogP contribution in [0.4, 0.5) is 5.69 Å². The summed E-state index contributed by atoms with van der Waals surface area (Å²) in [5.41, 5.74) is 5.12. The van der Waals surface area contributed by atoms with Gasteiger partial charge in [0.15, 0.2) is 11.5 Å². The second-order valence-corrected chi connectivity index (χ2v) is 7.03. The summed E-state index contributed by atoms with van der Waals surface area (Å²) in [5.74, 6) is 0.510. The summed E-state index contributed by atoms with van der Waals surface area (Å²) in [6, 6.07) is 20.7. The third-order valence-electron chi connectivity index (χ3n) is 4.59. The van der Waals surface area contributed by atoms with Crippen LogP contribution in [0.15, 0.2) is 71.1 Å². The van der Waals surface area contributed by atoms with Gasteiger partial charge in [-0.15, -0.1) is 0 Å². The molecule has 4 nitrogen and oxygen atoms in total. The summed E-state index contributed by atoms with van der Waals surface area (Å²) >= 11 is 5.99. The van der Waals surface area contributed by atoms with Crippen LogP contribution in [0.1, 0.15) is 34.3 Å². The van der Waals surface area contributed by atoms with Crippen molar-refractivity contribution >= 4 is 34.3 Å². The summed E-state index contributed by atoms with van der Waals surface area (Å²) < 4.78 is 5.76. The third kappa shape index (κ3) is 4.07. The van der Waals surface area contributed by atoms with Crippen LogP contribution in [-0.2, 0) is 12.8 Å². The molecule has 1 aromatic heterocycles. The number of rotatable bonds is 5. The number of anilines is 1. The Morgan fingerprint density at radius 2 is 1.71 bits per heavy atom. The van der Waals surface area contributed by atoms with Crippen molar-refractivity contribution < 1.29 is 9.21 Å². The molecule has 0 bridgehead atoms. The molecular weight excluding hydrogens is 372 g/mol. The maximum atomic E-state index is 12.4. The molecule has 0 aliphatic rings. The molecule has 140 valence electrons. The van der Waals surface area contributed by atoms with Gasteiger partial charge in [-0.25, -0.2) is 4.98 Å². The zero-order chi connectivity index (χ0) is 19.5. The first kappa shape index (κ1) is 18.3. The maximum absolute atomic E-state index is 12.4. The maximum Gasteiger partial charge on any atom is 0.255 e. The van der Waals surface area contributed by atoms with E-state index in [1.165, 1.54) is 5.56 Å². The first-order valence-corrected chi connectivity index (χ1v) is 9.53. The predicted octanol–water partition coefficient (Wildman–Crippen LogP) is 5.89. The summed E-state index contributed by atoms with van der Waals surface area (Å²) in [6.07, 6.45) is 1.52. The molecule has 0 saturated heterocycles. The van der Waals surface area contributed by atoms with Crippen LogP contribution in [0.3, 0.4) is 0 Å². The number of carbonyl (C=O) groups excluding carboxylic acids is 1. The number of halogens is 1. The van der Waals surface area contributed by atoms with Gasteiger partial charge in [-0.1, -0.05) is 42.8 Å². The van der Waals surface area contributed by atoms with Gasteiger partial charge in [0.05, 0.1) is 0 Å². The Labute approximate surface area is 168 Å². The highest BCUT2D eigenvalue weighted by Crippen LogP contribution is 2.22. The highest BCUT2D eigenvalue weighted by atomic mass is 35.5. The number of nitrogens with zero attached hydrogens (tertiary/aromatic N) is 1. The van der Waals surface area contributed by atoms with Gasteiger partial charge < -0.3 is 9.73 Å². The molecule has 3 aromatic carbocycles. The van der Waals surface area contributed by atoms with Crippen molar-refractivity contribution in [3.8, 4) is 0 Å². The van der Waals surface area contributed by atoms with Gasteiger partial charge in [-0.2, -0.15) is 0 Å². The second kappa shape index (κ2) is 7.87. The number of aryl methyl sites for hydroxylation is 1. The van der Waals surface area contributed by atoms with Crippen molar-refractivity contribution in [3.05, 3.63) is 94.3 Å². The minimum absolute atomic E-state index is 0.119. The molecule has 28 heavy (non-hydrogen) atoms. The lowest BCUT2D eigenvalue weighted by atomic mass is 10.1. The van der Waals surface area contributed by atoms with Gasteiger partial charge in [0.1, 0.15) is 5.52 Å². The van der Waals surface area contributed by atoms with Gasteiger partial charge in [0.2, 0.25) is 0 Å². The number of carbonyl (C=O) groups is 1. The Morgan fingerprint density at radius 1 is 1.00 bits per heavy atom. The van der Waals surface area contributed by atoms with Crippen LogP contribution in [0.25, 0.3) is 11.1 Å². The van der Waals surface area contributed by atoms with Gasteiger partial charge in [0, 0.05) is 22.7 Å². The van der Waals surface area contributed by atoms with Gasteiger partial charge >= 0.3 is 0 Å². The predicted molar refractivity (Wildman–Crippen MR) is 112 cm³/mol. The number of amides is 1. The average Bonchev–Trinajstić information content (AvgIpc) is 3.10. The van der Waals surface area contributed by atoms with Crippen molar-refractivity contribution in [3.63, 3.8) is 0 Å². The molecule has 0 unspecified atom stereocenters. The lowest BCUT2D eigenvalue weighted by molar-refractivity contribution is 0.102. The molecule has 0 fully saturated rings. The summed E-state index contributed by atoms with van der Waals surface area (Å²) in [4.78, 5) is 16.8. The molecule has 1 amide bonds. The Hall–Kier alpha value is -3.11. The minimum Gasteiger partial charge on any atom is -0.440 e. The fraction of sp³-hybridized carbons (Fsp3) is 0.130. The minimum atomic E-state index is -0.119. The standard InChI is InChI=1S/C23H19ClN2O2/c1-2-15-3-7-17(8-4-15)23(27)25-19-10-5-16(6-11-19)13-22-26-20-14-18(24)9-12-21(20)28-22/h3-12,14H,2,13H2,1H3,(H,25,27). The highest BCUT2D eigenvalue weighted by molar-refractivity contribution is 6.31. The Bertz CT molecular complexity index is 1120. The molecular formula is C23H19ClN2O2. The largest absolute Gasteiger partial charge is 0.440 e.